The van der Waals surface area contributed by atoms with E-state index in [1.165, 1.54) is 11.3 Å². The Morgan fingerprint density at radius 3 is 2.40 bits per heavy atom. The Morgan fingerprint density at radius 2 is 1.84 bits per heavy atom. The zero-order valence-corrected chi connectivity index (χ0v) is 15.8. The van der Waals surface area contributed by atoms with Crippen molar-refractivity contribution in [3.63, 3.8) is 0 Å². The molecule has 0 atom stereocenters. The summed E-state index contributed by atoms with van der Waals surface area (Å²) < 4.78 is 5.09. The Labute approximate surface area is 152 Å². The van der Waals surface area contributed by atoms with Crippen molar-refractivity contribution in [3.05, 3.63) is 22.4 Å². The number of carbonyl (C=O) groups is 3. The highest BCUT2D eigenvalue weighted by molar-refractivity contribution is 7.12. The lowest BCUT2D eigenvalue weighted by Crippen LogP contribution is -2.43. The molecule has 6 nitrogen and oxygen atoms in total. The van der Waals surface area contributed by atoms with Gasteiger partial charge in [0.05, 0.1) is 10.8 Å². The molecule has 0 radical (unpaired) electrons. The number of hydrogen-bond acceptors (Lipinski definition) is 5. The van der Waals surface area contributed by atoms with Crippen LogP contribution in [0.2, 0.25) is 0 Å². The van der Waals surface area contributed by atoms with Gasteiger partial charge < -0.3 is 4.74 Å². The van der Waals surface area contributed by atoms with Gasteiger partial charge in [-0.1, -0.05) is 26.8 Å². The smallest absolute Gasteiger partial charge is 0.309 e. The van der Waals surface area contributed by atoms with Crippen LogP contribution in [0.5, 0.6) is 0 Å². The van der Waals surface area contributed by atoms with Gasteiger partial charge in [0.25, 0.3) is 11.8 Å². The fourth-order valence-corrected chi connectivity index (χ4v) is 3.70. The SMILES string of the molecule is CC(C)(C)C1CCC(C(=O)OCC(=O)NNC(=O)c2cccs2)CC1. The monoisotopic (exact) mass is 366 g/mol. The molecule has 0 bridgehead atoms. The summed E-state index contributed by atoms with van der Waals surface area (Å²) in [6.07, 6.45) is 3.62. The van der Waals surface area contributed by atoms with E-state index in [9.17, 15) is 14.4 Å². The fourth-order valence-electron chi connectivity index (χ4n) is 3.08. The van der Waals surface area contributed by atoms with Crippen molar-refractivity contribution in [2.24, 2.45) is 17.3 Å². The third-order valence-electron chi connectivity index (χ3n) is 4.69. The summed E-state index contributed by atoms with van der Waals surface area (Å²) in [5.41, 5.74) is 4.80. The summed E-state index contributed by atoms with van der Waals surface area (Å²) in [5.74, 6) is -0.789. The molecule has 1 fully saturated rings. The number of nitrogens with one attached hydrogen (secondary N) is 2. The molecular formula is C18H26N2O4S. The number of esters is 1. The summed E-state index contributed by atoms with van der Waals surface area (Å²) in [4.78, 5) is 36.0. The first-order valence-electron chi connectivity index (χ1n) is 8.56. The van der Waals surface area contributed by atoms with E-state index >= 15 is 0 Å². The molecule has 138 valence electrons. The number of thiophene rings is 1. The predicted molar refractivity (Wildman–Crippen MR) is 95.8 cm³/mol. The number of amides is 2. The van der Waals surface area contributed by atoms with Crippen LogP contribution in [0.15, 0.2) is 17.5 Å². The normalized spacial score (nSPS) is 20.6. The lowest BCUT2D eigenvalue weighted by molar-refractivity contribution is -0.154. The molecule has 0 unspecified atom stereocenters. The summed E-state index contributed by atoms with van der Waals surface area (Å²) in [7, 11) is 0. The molecule has 2 amide bonds. The van der Waals surface area contributed by atoms with Crippen LogP contribution in [0.1, 0.15) is 56.1 Å². The molecule has 2 N–H and O–H groups in total. The number of hydrogen-bond donors (Lipinski definition) is 2. The molecule has 1 aromatic rings. The Balaban J connectivity index is 1.66. The topological polar surface area (TPSA) is 84.5 Å². The third kappa shape index (κ3) is 5.85. The molecule has 0 aromatic carbocycles. The highest BCUT2D eigenvalue weighted by Gasteiger charge is 2.33. The molecule has 1 aliphatic carbocycles. The largest absolute Gasteiger partial charge is 0.455 e. The van der Waals surface area contributed by atoms with Crippen molar-refractivity contribution in [1.82, 2.24) is 10.9 Å². The Hall–Kier alpha value is -1.89. The van der Waals surface area contributed by atoms with Crippen LogP contribution >= 0.6 is 11.3 Å². The van der Waals surface area contributed by atoms with Gasteiger partial charge in [0, 0.05) is 0 Å². The quantitative estimate of drug-likeness (QED) is 0.634. The highest BCUT2D eigenvalue weighted by Crippen LogP contribution is 2.40. The lowest BCUT2D eigenvalue weighted by atomic mass is 9.70. The van der Waals surface area contributed by atoms with Crippen LogP contribution in [0.4, 0.5) is 0 Å². The van der Waals surface area contributed by atoms with Crippen molar-refractivity contribution in [3.8, 4) is 0 Å². The Kier molecular flexibility index (Phi) is 6.58. The summed E-state index contributed by atoms with van der Waals surface area (Å²) in [6.45, 7) is 6.30. The minimum Gasteiger partial charge on any atom is -0.455 e. The first-order chi connectivity index (χ1) is 11.8. The van der Waals surface area contributed by atoms with Gasteiger partial charge in [-0.05, 0) is 48.5 Å². The van der Waals surface area contributed by atoms with Gasteiger partial charge in [-0.25, -0.2) is 0 Å². The van der Waals surface area contributed by atoms with Crippen LogP contribution in [0, 0.1) is 17.3 Å². The molecule has 7 heteroatoms. The van der Waals surface area contributed by atoms with E-state index < -0.39 is 11.8 Å². The van der Waals surface area contributed by atoms with Crippen LogP contribution in [0.3, 0.4) is 0 Å². The summed E-state index contributed by atoms with van der Waals surface area (Å²) in [5, 5.41) is 1.77. The van der Waals surface area contributed by atoms with E-state index in [4.69, 9.17) is 4.74 Å². The highest BCUT2D eigenvalue weighted by atomic mass is 32.1. The molecule has 2 rings (SSSR count). The Morgan fingerprint density at radius 1 is 1.16 bits per heavy atom. The molecule has 1 aromatic heterocycles. The predicted octanol–water partition coefficient (Wildman–Crippen LogP) is 2.90. The van der Waals surface area contributed by atoms with Gasteiger partial charge >= 0.3 is 5.97 Å². The van der Waals surface area contributed by atoms with Crippen molar-refractivity contribution in [2.45, 2.75) is 46.5 Å². The van der Waals surface area contributed by atoms with Crippen LogP contribution in [-0.2, 0) is 14.3 Å². The third-order valence-corrected chi connectivity index (χ3v) is 5.56. The average molecular weight is 366 g/mol. The fraction of sp³-hybridized carbons (Fsp3) is 0.611. The van der Waals surface area contributed by atoms with E-state index in [0.717, 1.165) is 25.7 Å². The van der Waals surface area contributed by atoms with Crippen molar-refractivity contribution in [1.29, 1.82) is 0 Å². The second-order valence-electron chi connectivity index (χ2n) is 7.50. The molecule has 0 spiro atoms. The van der Waals surface area contributed by atoms with Crippen molar-refractivity contribution in [2.75, 3.05) is 6.61 Å². The molecule has 0 aliphatic heterocycles. The zero-order chi connectivity index (χ0) is 18.4. The minimum absolute atomic E-state index is 0.132. The molecule has 1 heterocycles. The van der Waals surface area contributed by atoms with Gasteiger partial charge in [-0.2, -0.15) is 0 Å². The maximum Gasteiger partial charge on any atom is 0.309 e. The number of hydrazine groups is 1. The Bertz CT molecular complexity index is 599. The second-order valence-corrected chi connectivity index (χ2v) is 8.45. The van der Waals surface area contributed by atoms with Crippen molar-refractivity contribution < 1.29 is 19.1 Å². The first kappa shape index (κ1) is 19.4. The standard InChI is InChI=1S/C18H26N2O4S/c1-18(2,3)13-8-6-12(7-9-13)17(23)24-11-15(21)19-20-16(22)14-5-4-10-25-14/h4-5,10,12-13H,6-9,11H2,1-3H3,(H,19,21)(H,20,22). The van der Waals surface area contributed by atoms with Crippen LogP contribution < -0.4 is 10.9 Å². The summed E-state index contributed by atoms with van der Waals surface area (Å²) in [6, 6.07) is 3.40. The number of ether oxygens (including phenoxy) is 1. The zero-order valence-electron chi connectivity index (χ0n) is 15.0. The van der Waals surface area contributed by atoms with Gasteiger partial charge in [-0.3, -0.25) is 25.2 Å². The first-order valence-corrected chi connectivity index (χ1v) is 9.44. The van der Waals surface area contributed by atoms with E-state index in [-0.39, 0.29) is 23.9 Å². The molecule has 1 aliphatic rings. The van der Waals surface area contributed by atoms with Gasteiger partial charge in [0.1, 0.15) is 0 Å². The van der Waals surface area contributed by atoms with Gasteiger partial charge in [-0.15, -0.1) is 11.3 Å². The second kappa shape index (κ2) is 8.47. The maximum atomic E-state index is 12.1. The van der Waals surface area contributed by atoms with Crippen LogP contribution in [-0.4, -0.2) is 24.4 Å². The number of carbonyl (C=O) groups excluding carboxylic acids is 3. The maximum absolute atomic E-state index is 12.1. The van der Waals surface area contributed by atoms with Crippen molar-refractivity contribution >= 4 is 29.1 Å². The van der Waals surface area contributed by atoms with E-state index in [2.05, 4.69) is 31.6 Å². The number of rotatable bonds is 4. The minimum atomic E-state index is -0.554. The van der Waals surface area contributed by atoms with E-state index in [0.29, 0.717) is 10.8 Å². The van der Waals surface area contributed by atoms with E-state index in [1.807, 2.05) is 0 Å². The molecule has 1 saturated carbocycles. The molecule has 25 heavy (non-hydrogen) atoms. The summed E-state index contributed by atoms with van der Waals surface area (Å²) >= 11 is 1.27. The van der Waals surface area contributed by atoms with Crippen LogP contribution in [0.25, 0.3) is 0 Å². The van der Waals surface area contributed by atoms with E-state index in [1.54, 1.807) is 17.5 Å². The average Bonchev–Trinajstić information content (AvgIpc) is 3.11. The lowest BCUT2D eigenvalue weighted by Gasteiger charge is -2.36. The van der Waals surface area contributed by atoms with Gasteiger partial charge in [0.2, 0.25) is 0 Å². The molecule has 0 saturated heterocycles. The molecular weight excluding hydrogens is 340 g/mol. The van der Waals surface area contributed by atoms with Gasteiger partial charge in [0.15, 0.2) is 6.61 Å².